The number of furan rings is 1. The maximum atomic E-state index is 11.7. The van der Waals surface area contributed by atoms with E-state index in [9.17, 15) is 4.79 Å². The molecule has 80 valence electrons. The number of Topliss-reactive ketones (excluding diaryl/α,β-unsaturated/α-hetero) is 1. The lowest BCUT2D eigenvalue weighted by Gasteiger charge is -2.11. The molecular weight excluding hydrogens is 188 g/mol. The average Bonchev–Trinajstić information content (AvgIpc) is 2.71. The Kier molecular flexibility index (Phi) is 3.38. The maximum absolute atomic E-state index is 11.7. The zero-order chi connectivity index (χ0) is 10.5. The number of carbonyl (C=O) groups excluding carboxylic acids is 1. The van der Waals surface area contributed by atoms with Crippen LogP contribution in [0, 0.1) is 0 Å². The average molecular weight is 204 g/mol. The highest BCUT2D eigenvalue weighted by molar-refractivity contribution is 5.82. The van der Waals surface area contributed by atoms with Crippen molar-refractivity contribution in [2.24, 2.45) is 0 Å². The quantitative estimate of drug-likeness (QED) is 0.704. The van der Waals surface area contributed by atoms with E-state index in [2.05, 4.69) is 6.08 Å². The monoisotopic (exact) mass is 204 g/mol. The van der Waals surface area contributed by atoms with E-state index in [-0.39, 0.29) is 0 Å². The SMILES string of the molecule is O=C(CC1=CCCCC1)Cc1ccoc1. The predicted molar refractivity (Wildman–Crippen MR) is 58.6 cm³/mol. The van der Waals surface area contributed by atoms with Crippen molar-refractivity contribution in [1.82, 2.24) is 0 Å². The minimum Gasteiger partial charge on any atom is -0.472 e. The Morgan fingerprint density at radius 1 is 1.33 bits per heavy atom. The van der Waals surface area contributed by atoms with Gasteiger partial charge in [-0.2, -0.15) is 0 Å². The van der Waals surface area contributed by atoms with Crippen LogP contribution >= 0.6 is 0 Å². The molecule has 0 saturated heterocycles. The molecule has 1 heterocycles. The van der Waals surface area contributed by atoms with Gasteiger partial charge in [0, 0.05) is 12.8 Å². The van der Waals surface area contributed by atoms with Crippen LogP contribution in [0.25, 0.3) is 0 Å². The third kappa shape index (κ3) is 3.08. The van der Waals surface area contributed by atoms with Crippen LogP contribution < -0.4 is 0 Å². The minimum absolute atomic E-state index is 0.296. The van der Waals surface area contributed by atoms with Gasteiger partial charge in [-0.05, 0) is 37.3 Å². The summed E-state index contributed by atoms with van der Waals surface area (Å²) in [5, 5.41) is 0. The van der Waals surface area contributed by atoms with Crippen molar-refractivity contribution >= 4 is 5.78 Å². The van der Waals surface area contributed by atoms with Gasteiger partial charge in [0.2, 0.25) is 0 Å². The first-order chi connectivity index (χ1) is 7.34. The lowest BCUT2D eigenvalue weighted by Crippen LogP contribution is -2.05. The molecule has 1 aliphatic carbocycles. The molecular formula is C13H16O2. The van der Waals surface area contributed by atoms with Crippen molar-refractivity contribution < 1.29 is 9.21 Å². The van der Waals surface area contributed by atoms with Crippen molar-refractivity contribution in [1.29, 1.82) is 0 Å². The van der Waals surface area contributed by atoms with Gasteiger partial charge in [-0.1, -0.05) is 11.6 Å². The Morgan fingerprint density at radius 3 is 2.93 bits per heavy atom. The molecule has 15 heavy (non-hydrogen) atoms. The molecule has 2 rings (SSSR count). The first kappa shape index (κ1) is 10.2. The molecule has 0 radical (unpaired) electrons. The Hall–Kier alpha value is -1.31. The molecule has 0 atom stereocenters. The molecule has 0 aliphatic heterocycles. The van der Waals surface area contributed by atoms with Crippen LogP contribution in [-0.2, 0) is 11.2 Å². The number of hydrogen-bond donors (Lipinski definition) is 0. The molecule has 0 spiro atoms. The predicted octanol–water partition coefficient (Wildman–Crippen LogP) is 3.28. The highest BCUT2D eigenvalue weighted by atomic mass is 16.3. The van der Waals surface area contributed by atoms with E-state index in [1.807, 2.05) is 6.07 Å². The highest BCUT2D eigenvalue weighted by Gasteiger charge is 2.10. The molecule has 2 heteroatoms. The van der Waals surface area contributed by atoms with E-state index in [0.29, 0.717) is 18.6 Å². The number of ketones is 1. The fourth-order valence-corrected chi connectivity index (χ4v) is 2.00. The minimum atomic E-state index is 0.296. The van der Waals surface area contributed by atoms with E-state index >= 15 is 0 Å². The van der Waals surface area contributed by atoms with E-state index in [4.69, 9.17) is 4.42 Å². The molecule has 1 aliphatic rings. The molecule has 0 fully saturated rings. The van der Waals surface area contributed by atoms with Gasteiger partial charge in [-0.15, -0.1) is 0 Å². The van der Waals surface area contributed by atoms with Gasteiger partial charge >= 0.3 is 0 Å². The van der Waals surface area contributed by atoms with Gasteiger partial charge in [-0.3, -0.25) is 4.79 Å². The second kappa shape index (κ2) is 4.96. The van der Waals surface area contributed by atoms with Gasteiger partial charge in [0.05, 0.1) is 12.5 Å². The Balaban J connectivity index is 1.84. The summed E-state index contributed by atoms with van der Waals surface area (Å²) >= 11 is 0. The smallest absolute Gasteiger partial charge is 0.141 e. The molecule has 0 N–H and O–H groups in total. The first-order valence-corrected chi connectivity index (χ1v) is 5.55. The Morgan fingerprint density at radius 2 is 2.27 bits per heavy atom. The molecule has 0 aromatic carbocycles. The molecule has 0 unspecified atom stereocenters. The molecule has 0 saturated carbocycles. The van der Waals surface area contributed by atoms with Crippen molar-refractivity contribution in [2.45, 2.75) is 38.5 Å². The third-order valence-corrected chi connectivity index (χ3v) is 2.79. The van der Waals surface area contributed by atoms with Crippen molar-refractivity contribution in [3.05, 3.63) is 35.8 Å². The molecule has 2 nitrogen and oxygen atoms in total. The summed E-state index contributed by atoms with van der Waals surface area (Å²) in [5.41, 5.74) is 2.31. The van der Waals surface area contributed by atoms with E-state index in [0.717, 1.165) is 18.4 Å². The topological polar surface area (TPSA) is 30.2 Å². The van der Waals surface area contributed by atoms with Gasteiger partial charge in [0.1, 0.15) is 5.78 Å². The maximum Gasteiger partial charge on any atom is 0.141 e. The van der Waals surface area contributed by atoms with E-state index in [1.54, 1.807) is 12.5 Å². The van der Waals surface area contributed by atoms with Crippen LogP contribution in [0.15, 0.2) is 34.7 Å². The highest BCUT2D eigenvalue weighted by Crippen LogP contribution is 2.20. The van der Waals surface area contributed by atoms with Crippen molar-refractivity contribution in [2.75, 3.05) is 0 Å². The van der Waals surface area contributed by atoms with Crippen LogP contribution in [0.1, 0.15) is 37.7 Å². The first-order valence-electron chi connectivity index (χ1n) is 5.55. The Bertz CT molecular complexity index is 347. The van der Waals surface area contributed by atoms with E-state index < -0.39 is 0 Å². The molecule has 0 bridgehead atoms. The number of hydrogen-bond acceptors (Lipinski definition) is 2. The van der Waals surface area contributed by atoms with Crippen molar-refractivity contribution in [3.8, 4) is 0 Å². The van der Waals surface area contributed by atoms with Crippen molar-refractivity contribution in [3.63, 3.8) is 0 Å². The lowest BCUT2D eigenvalue weighted by molar-refractivity contribution is -0.117. The van der Waals surface area contributed by atoms with Crippen LogP contribution in [0.5, 0.6) is 0 Å². The molecule has 1 aromatic rings. The second-order valence-electron chi connectivity index (χ2n) is 4.13. The summed E-state index contributed by atoms with van der Waals surface area (Å²) in [7, 11) is 0. The fraction of sp³-hybridized carbons (Fsp3) is 0.462. The number of carbonyl (C=O) groups is 1. The summed E-state index contributed by atoms with van der Waals surface area (Å²) in [6, 6.07) is 1.85. The Labute approximate surface area is 90.0 Å². The number of allylic oxidation sites excluding steroid dienone is 2. The van der Waals surface area contributed by atoms with Crippen LogP contribution in [-0.4, -0.2) is 5.78 Å². The fourth-order valence-electron chi connectivity index (χ4n) is 2.00. The van der Waals surface area contributed by atoms with Gasteiger partial charge in [-0.25, -0.2) is 0 Å². The summed E-state index contributed by atoms with van der Waals surface area (Å²) in [4.78, 5) is 11.7. The van der Waals surface area contributed by atoms with E-state index in [1.165, 1.54) is 18.4 Å². The van der Waals surface area contributed by atoms with Crippen LogP contribution in [0.2, 0.25) is 0 Å². The summed E-state index contributed by atoms with van der Waals surface area (Å²) in [5.74, 6) is 0.296. The third-order valence-electron chi connectivity index (χ3n) is 2.79. The van der Waals surface area contributed by atoms with Crippen LogP contribution in [0.3, 0.4) is 0 Å². The molecule has 1 aromatic heterocycles. The zero-order valence-electron chi connectivity index (χ0n) is 8.87. The number of rotatable bonds is 4. The van der Waals surface area contributed by atoms with Crippen LogP contribution in [0.4, 0.5) is 0 Å². The van der Waals surface area contributed by atoms with Gasteiger partial charge < -0.3 is 4.42 Å². The lowest BCUT2D eigenvalue weighted by atomic mass is 9.94. The summed E-state index contributed by atoms with van der Waals surface area (Å²) < 4.78 is 4.94. The normalized spacial score (nSPS) is 16.1. The second-order valence-corrected chi connectivity index (χ2v) is 4.13. The largest absolute Gasteiger partial charge is 0.472 e. The standard InChI is InChI=1S/C13H16O2/c14-13(9-12-6-7-15-10-12)8-11-4-2-1-3-5-11/h4,6-7,10H,1-3,5,8-9H2. The van der Waals surface area contributed by atoms with Gasteiger partial charge in [0.25, 0.3) is 0 Å². The summed E-state index contributed by atoms with van der Waals surface area (Å²) in [6.45, 7) is 0. The zero-order valence-corrected chi connectivity index (χ0v) is 8.87. The molecule has 0 amide bonds. The summed E-state index contributed by atoms with van der Waals surface area (Å²) in [6.07, 6.45) is 11.4. The van der Waals surface area contributed by atoms with Gasteiger partial charge in [0.15, 0.2) is 0 Å².